The highest BCUT2D eigenvalue weighted by Gasteiger charge is 2.23. The van der Waals surface area contributed by atoms with Crippen molar-refractivity contribution < 1.29 is 9.59 Å². The zero-order valence-electron chi connectivity index (χ0n) is 14.5. The normalized spacial score (nSPS) is 15.8. The third-order valence-corrected chi connectivity index (χ3v) is 3.90. The van der Waals surface area contributed by atoms with E-state index in [1.54, 1.807) is 0 Å². The second-order valence-electron chi connectivity index (χ2n) is 6.92. The van der Waals surface area contributed by atoms with E-state index in [1.807, 2.05) is 13.8 Å². The molecule has 1 atom stereocenters. The highest BCUT2D eigenvalue weighted by Crippen LogP contribution is 2.16. The molecule has 0 saturated heterocycles. The Morgan fingerprint density at radius 2 is 1.91 bits per heavy atom. The smallest absolute Gasteiger partial charge is 0.220 e. The molecular formula is C19H31NO2. The molecule has 0 aromatic carbocycles. The number of nitrogens with one attached hydrogen (secondary N) is 1. The van der Waals surface area contributed by atoms with Gasteiger partial charge in [-0.1, -0.05) is 51.5 Å². The molecule has 0 aliphatic heterocycles. The van der Waals surface area contributed by atoms with E-state index in [2.05, 4.69) is 37.4 Å². The molecule has 1 aliphatic rings. The number of Topliss-reactive ketones (excluding diaryl/α,β-unsaturated/α-hetero) is 1. The Balaban J connectivity index is 2.40. The first-order valence-electron chi connectivity index (χ1n) is 8.58. The molecule has 0 aromatic heterocycles. The molecule has 1 amide bonds. The summed E-state index contributed by atoms with van der Waals surface area (Å²) in [7, 11) is 0. The van der Waals surface area contributed by atoms with Gasteiger partial charge in [-0.15, -0.1) is 0 Å². The van der Waals surface area contributed by atoms with Crippen LogP contribution in [-0.4, -0.2) is 17.7 Å². The Morgan fingerprint density at radius 3 is 2.45 bits per heavy atom. The van der Waals surface area contributed by atoms with Crippen molar-refractivity contribution in [3.05, 3.63) is 23.8 Å². The number of ketones is 1. The fourth-order valence-electron chi connectivity index (χ4n) is 2.69. The number of allylic oxidation sites excluding steroid dienone is 4. The fourth-order valence-corrected chi connectivity index (χ4v) is 2.69. The molecule has 1 aliphatic carbocycles. The molecule has 3 heteroatoms. The topological polar surface area (TPSA) is 46.2 Å². The molecule has 0 radical (unpaired) electrons. The fraction of sp³-hybridized carbons (Fsp3) is 0.684. The van der Waals surface area contributed by atoms with Crippen LogP contribution in [0.5, 0.6) is 0 Å². The molecular weight excluding hydrogens is 274 g/mol. The zero-order chi connectivity index (χ0) is 16.5. The average Bonchev–Trinajstić information content (AvgIpc) is 2.46. The molecule has 3 nitrogen and oxygen atoms in total. The SMILES string of the molecule is CC(C)CC(NC(=O)CCCC1=CCCC=C1)C(=O)C(C)C. The third-order valence-electron chi connectivity index (χ3n) is 3.90. The summed E-state index contributed by atoms with van der Waals surface area (Å²) >= 11 is 0. The number of carbonyl (C=O) groups excluding carboxylic acids is 2. The van der Waals surface area contributed by atoms with Crippen molar-refractivity contribution in [3.63, 3.8) is 0 Å². The number of hydrogen-bond donors (Lipinski definition) is 1. The third kappa shape index (κ3) is 7.06. The first kappa shape index (κ1) is 18.7. The largest absolute Gasteiger partial charge is 0.346 e. The van der Waals surface area contributed by atoms with E-state index in [0.29, 0.717) is 12.3 Å². The second kappa shape index (κ2) is 9.60. The molecule has 0 fully saturated rings. The minimum Gasteiger partial charge on any atom is -0.346 e. The average molecular weight is 305 g/mol. The summed E-state index contributed by atoms with van der Waals surface area (Å²) in [6.07, 6.45) is 11.8. The maximum atomic E-state index is 12.2. The summed E-state index contributed by atoms with van der Waals surface area (Å²) in [5, 5.41) is 2.94. The van der Waals surface area contributed by atoms with Gasteiger partial charge in [-0.05, 0) is 38.0 Å². The van der Waals surface area contributed by atoms with Crippen molar-refractivity contribution in [2.75, 3.05) is 0 Å². The van der Waals surface area contributed by atoms with Gasteiger partial charge in [0.05, 0.1) is 6.04 Å². The van der Waals surface area contributed by atoms with Crippen LogP contribution in [0, 0.1) is 11.8 Å². The van der Waals surface area contributed by atoms with Gasteiger partial charge < -0.3 is 5.32 Å². The van der Waals surface area contributed by atoms with E-state index in [4.69, 9.17) is 0 Å². The van der Waals surface area contributed by atoms with Gasteiger partial charge in [0.1, 0.15) is 0 Å². The highest BCUT2D eigenvalue weighted by atomic mass is 16.2. The summed E-state index contributed by atoms with van der Waals surface area (Å²) in [5.74, 6) is 0.493. The minimum atomic E-state index is -0.332. The lowest BCUT2D eigenvalue weighted by molar-refractivity contribution is -0.129. The Kier molecular flexibility index (Phi) is 8.15. The predicted octanol–water partition coefficient (Wildman–Crippen LogP) is 4.19. The lowest BCUT2D eigenvalue weighted by Gasteiger charge is -2.21. The zero-order valence-corrected chi connectivity index (χ0v) is 14.5. The van der Waals surface area contributed by atoms with Crippen LogP contribution in [0.25, 0.3) is 0 Å². The summed E-state index contributed by atoms with van der Waals surface area (Å²) in [4.78, 5) is 24.3. The second-order valence-corrected chi connectivity index (χ2v) is 6.92. The van der Waals surface area contributed by atoms with E-state index >= 15 is 0 Å². The molecule has 1 rings (SSSR count). The number of rotatable bonds is 9. The Morgan fingerprint density at radius 1 is 1.18 bits per heavy atom. The van der Waals surface area contributed by atoms with Crippen LogP contribution in [0.15, 0.2) is 23.8 Å². The summed E-state index contributed by atoms with van der Waals surface area (Å²) in [5.41, 5.74) is 1.33. The first-order valence-corrected chi connectivity index (χ1v) is 8.58. The Labute approximate surface area is 135 Å². The van der Waals surface area contributed by atoms with E-state index < -0.39 is 0 Å². The van der Waals surface area contributed by atoms with Crippen molar-refractivity contribution in [3.8, 4) is 0 Å². The van der Waals surface area contributed by atoms with Gasteiger partial charge in [-0.3, -0.25) is 9.59 Å². The minimum absolute atomic E-state index is 0.0000361. The summed E-state index contributed by atoms with van der Waals surface area (Å²) in [6, 6.07) is -0.332. The van der Waals surface area contributed by atoms with E-state index in [1.165, 1.54) is 5.57 Å². The standard InChI is InChI=1S/C19H31NO2/c1-14(2)13-17(19(22)15(3)4)20-18(21)12-8-11-16-9-6-5-7-10-16/h6,9-10,14-15,17H,5,7-8,11-13H2,1-4H3,(H,20,21). The van der Waals surface area contributed by atoms with E-state index in [0.717, 1.165) is 32.1 Å². The molecule has 0 saturated carbocycles. The highest BCUT2D eigenvalue weighted by molar-refractivity contribution is 5.90. The molecule has 1 N–H and O–H groups in total. The monoisotopic (exact) mass is 305 g/mol. The van der Waals surface area contributed by atoms with Crippen LogP contribution in [0.1, 0.15) is 66.2 Å². The molecule has 0 aromatic rings. The van der Waals surface area contributed by atoms with Crippen LogP contribution in [0.4, 0.5) is 0 Å². The summed E-state index contributed by atoms with van der Waals surface area (Å²) in [6.45, 7) is 7.94. The number of hydrogen-bond acceptors (Lipinski definition) is 2. The Hall–Kier alpha value is -1.38. The van der Waals surface area contributed by atoms with Gasteiger partial charge in [-0.25, -0.2) is 0 Å². The van der Waals surface area contributed by atoms with Crippen molar-refractivity contribution in [2.24, 2.45) is 11.8 Å². The molecule has 124 valence electrons. The first-order chi connectivity index (χ1) is 10.4. The molecule has 1 unspecified atom stereocenters. The lowest BCUT2D eigenvalue weighted by Crippen LogP contribution is -2.43. The Bertz CT molecular complexity index is 433. The van der Waals surface area contributed by atoms with Crippen LogP contribution in [0.3, 0.4) is 0 Å². The molecule has 0 heterocycles. The van der Waals surface area contributed by atoms with E-state index in [9.17, 15) is 9.59 Å². The van der Waals surface area contributed by atoms with Crippen molar-refractivity contribution in [1.82, 2.24) is 5.32 Å². The van der Waals surface area contributed by atoms with Crippen LogP contribution < -0.4 is 5.32 Å². The summed E-state index contributed by atoms with van der Waals surface area (Å²) < 4.78 is 0. The van der Waals surface area contributed by atoms with Gasteiger partial charge in [0.25, 0.3) is 0 Å². The van der Waals surface area contributed by atoms with Crippen molar-refractivity contribution >= 4 is 11.7 Å². The van der Waals surface area contributed by atoms with Gasteiger partial charge in [-0.2, -0.15) is 0 Å². The maximum absolute atomic E-state index is 12.2. The lowest BCUT2D eigenvalue weighted by atomic mass is 9.94. The van der Waals surface area contributed by atoms with Crippen LogP contribution >= 0.6 is 0 Å². The number of carbonyl (C=O) groups is 2. The van der Waals surface area contributed by atoms with Gasteiger partial charge in [0.2, 0.25) is 5.91 Å². The molecule has 0 bridgehead atoms. The van der Waals surface area contributed by atoms with E-state index in [-0.39, 0.29) is 23.7 Å². The predicted molar refractivity (Wildman–Crippen MR) is 91.5 cm³/mol. The van der Waals surface area contributed by atoms with Gasteiger partial charge in [0.15, 0.2) is 5.78 Å². The van der Waals surface area contributed by atoms with Crippen LogP contribution in [0.2, 0.25) is 0 Å². The van der Waals surface area contributed by atoms with Crippen LogP contribution in [-0.2, 0) is 9.59 Å². The van der Waals surface area contributed by atoms with Crippen molar-refractivity contribution in [1.29, 1.82) is 0 Å². The van der Waals surface area contributed by atoms with Gasteiger partial charge >= 0.3 is 0 Å². The maximum Gasteiger partial charge on any atom is 0.220 e. The quantitative estimate of drug-likeness (QED) is 0.694. The molecule has 22 heavy (non-hydrogen) atoms. The van der Waals surface area contributed by atoms with Gasteiger partial charge in [0, 0.05) is 12.3 Å². The van der Waals surface area contributed by atoms with Crippen molar-refractivity contribution in [2.45, 2.75) is 72.3 Å². The number of amides is 1. The molecule has 0 spiro atoms.